The maximum Gasteiger partial charge on any atom is 0.243 e. The fourth-order valence-corrected chi connectivity index (χ4v) is 3.09. The van der Waals surface area contributed by atoms with Gasteiger partial charge in [-0.05, 0) is 30.5 Å². The van der Waals surface area contributed by atoms with E-state index in [1.165, 1.54) is 0 Å². The van der Waals surface area contributed by atoms with Crippen molar-refractivity contribution >= 4 is 45.4 Å². The highest BCUT2D eigenvalue weighted by atomic mass is 35.5. The van der Waals surface area contributed by atoms with Crippen LogP contribution in [0.3, 0.4) is 0 Å². The molecule has 1 heterocycles. The fourth-order valence-electron chi connectivity index (χ4n) is 2.25. The molecule has 1 unspecified atom stereocenters. The smallest absolute Gasteiger partial charge is 0.243 e. The Labute approximate surface area is 135 Å². The number of anilines is 1. The molecule has 1 aliphatic heterocycles. The highest BCUT2D eigenvalue weighted by Gasteiger charge is 2.28. The van der Waals surface area contributed by atoms with Crippen molar-refractivity contribution in [3.63, 3.8) is 0 Å². The first-order valence-electron chi connectivity index (χ1n) is 6.31. The number of sulfone groups is 1. The second kappa shape index (κ2) is 6.96. The summed E-state index contributed by atoms with van der Waals surface area (Å²) in [4.78, 5) is 13.9. The van der Waals surface area contributed by atoms with Gasteiger partial charge in [0.15, 0.2) is 0 Å². The van der Waals surface area contributed by atoms with Gasteiger partial charge in [-0.15, -0.1) is 12.4 Å². The van der Waals surface area contributed by atoms with E-state index in [9.17, 15) is 13.2 Å². The molecule has 8 heteroatoms. The Morgan fingerprint density at radius 1 is 1.48 bits per heavy atom. The monoisotopic (exact) mass is 352 g/mol. The van der Waals surface area contributed by atoms with Gasteiger partial charge in [0, 0.05) is 23.5 Å². The molecule has 2 N–H and O–H groups in total. The van der Waals surface area contributed by atoms with Crippen molar-refractivity contribution < 1.29 is 13.2 Å². The van der Waals surface area contributed by atoms with E-state index in [1.807, 2.05) is 6.07 Å². The second-order valence-electron chi connectivity index (χ2n) is 5.04. The third-order valence-electron chi connectivity index (χ3n) is 3.33. The van der Waals surface area contributed by atoms with Gasteiger partial charge in [0.05, 0.1) is 11.8 Å². The van der Waals surface area contributed by atoms with E-state index in [-0.39, 0.29) is 30.5 Å². The largest absolute Gasteiger partial charge is 0.320 e. The number of hydrogen-bond donors (Lipinski definition) is 1. The number of fused-ring (bicyclic) bond motifs is 1. The zero-order valence-electron chi connectivity index (χ0n) is 11.6. The molecule has 1 amide bonds. The number of rotatable bonds is 4. The Morgan fingerprint density at radius 3 is 2.76 bits per heavy atom. The molecular formula is C13H18Cl2N2O3S. The first-order valence-corrected chi connectivity index (χ1v) is 8.75. The van der Waals surface area contributed by atoms with Crippen molar-refractivity contribution in [3.8, 4) is 0 Å². The summed E-state index contributed by atoms with van der Waals surface area (Å²) < 4.78 is 22.2. The molecule has 1 aromatic carbocycles. The SMILES string of the molecule is CS(=O)(=O)CCC(N)C(=O)N1CCc2ccc(Cl)cc21.Cl. The molecule has 0 saturated carbocycles. The van der Waals surface area contributed by atoms with E-state index in [0.29, 0.717) is 11.6 Å². The highest BCUT2D eigenvalue weighted by molar-refractivity contribution is 7.90. The van der Waals surface area contributed by atoms with Gasteiger partial charge in [-0.2, -0.15) is 0 Å². The Bertz CT molecular complexity index is 634. The van der Waals surface area contributed by atoms with E-state index >= 15 is 0 Å². The zero-order chi connectivity index (χ0) is 14.9. The minimum absolute atomic E-state index is 0. The van der Waals surface area contributed by atoms with Crippen LogP contribution >= 0.6 is 24.0 Å². The minimum atomic E-state index is -3.12. The normalized spacial score (nSPS) is 15.3. The topological polar surface area (TPSA) is 80.5 Å². The van der Waals surface area contributed by atoms with Gasteiger partial charge in [0.1, 0.15) is 9.84 Å². The van der Waals surface area contributed by atoms with Gasteiger partial charge in [-0.3, -0.25) is 4.79 Å². The number of hydrogen-bond acceptors (Lipinski definition) is 4. The molecule has 0 spiro atoms. The zero-order valence-corrected chi connectivity index (χ0v) is 14.0. The second-order valence-corrected chi connectivity index (χ2v) is 7.73. The molecule has 0 aromatic heterocycles. The number of amides is 1. The minimum Gasteiger partial charge on any atom is -0.320 e. The lowest BCUT2D eigenvalue weighted by Gasteiger charge is -2.21. The van der Waals surface area contributed by atoms with Crippen molar-refractivity contribution in [2.45, 2.75) is 18.9 Å². The van der Waals surface area contributed by atoms with Gasteiger partial charge in [0.25, 0.3) is 0 Å². The lowest BCUT2D eigenvalue weighted by Crippen LogP contribution is -2.44. The molecule has 2 rings (SSSR count). The van der Waals surface area contributed by atoms with Crippen LogP contribution in [0.1, 0.15) is 12.0 Å². The van der Waals surface area contributed by atoms with Crippen LogP contribution in [0, 0.1) is 0 Å². The quantitative estimate of drug-likeness (QED) is 0.888. The van der Waals surface area contributed by atoms with Gasteiger partial charge in [-0.1, -0.05) is 17.7 Å². The first kappa shape index (κ1) is 18.2. The Balaban J connectivity index is 0.00000220. The lowest BCUT2D eigenvalue weighted by molar-refractivity contribution is -0.119. The van der Waals surface area contributed by atoms with E-state index in [4.69, 9.17) is 17.3 Å². The number of benzene rings is 1. The predicted octanol–water partition coefficient (Wildman–Crippen LogP) is 1.41. The van der Waals surface area contributed by atoms with Crippen LogP contribution in [-0.2, 0) is 21.1 Å². The summed E-state index contributed by atoms with van der Waals surface area (Å²) in [5, 5.41) is 0.563. The van der Waals surface area contributed by atoms with Crippen LogP contribution in [-0.4, -0.2) is 38.9 Å². The molecule has 21 heavy (non-hydrogen) atoms. The van der Waals surface area contributed by atoms with Gasteiger partial charge >= 0.3 is 0 Å². The third-order valence-corrected chi connectivity index (χ3v) is 4.54. The molecule has 1 atom stereocenters. The molecule has 1 aromatic rings. The van der Waals surface area contributed by atoms with Crippen molar-refractivity contribution in [1.29, 1.82) is 0 Å². The van der Waals surface area contributed by atoms with Crippen LogP contribution in [0.2, 0.25) is 5.02 Å². The Kier molecular flexibility index (Phi) is 6.04. The summed E-state index contributed by atoms with van der Waals surface area (Å²) in [7, 11) is -3.12. The Morgan fingerprint density at radius 2 is 2.14 bits per heavy atom. The third kappa shape index (κ3) is 4.57. The average Bonchev–Trinajstić information content (AvgIpc) is 2.77. The van der Waals surface area contributed by atoms with Gasteiger partial charge in [0.2, 0.25) is 5.91 Å². The number of carbonyl (C=O) groups is 1. The fraction of sp³-hybridized carbons (Fsp3) is 0.462. The molecule has 0 bridgehead atoms. The van der Waals surface area contributed by atoms with E-state index in [1.54, 1.807) is 17.0 Å². The molecule has 5 nitrogen and oxygen atoms in total. The van der Waals surface area contributed by atoms with Crippen molar-refractivity contribution in [3.05, 3.63) is 28.8 Å². The van der Waals surface area contributed by atoms with Crippen molar-refractivity contribution in [2.75, 3.05) is 23.5 Å². The summed E-state index contributed by atoms with van der Waals surface area (Å²) in [5.41, 5.74) is 7.64. The van der Waals surface area contributed by atoms with Crippen LogP contribution < -0.4 is 10.6 Å². The first-order chi connectivity index (χ1) is 9.28. The van der Waals surface area contributed by atoms with Crippen LogP contribution in [0.5, 0.6) is 0 Å². The maximum absolute atomic E-state index is 12.3. The predicted molar refractivity (Wildman–Crippen MR) is 87.1 cm³/mol. The standard InChI is InChI=1S/C13H17ClN2O3S.ClH/c1-20(18,19)7-5-11(15)13(17)16-6-4-9-2-3-10(14)8-12(9)16;/h2-3,8,11H,4-7,15H2,1H3;1H. The molecule has 0 fully saturated rings. The van der Waals surface area contributed by atoms with E-state index < -0.39 is 15.9 Å². The summed E-state index contributed by atoms with van der Waals surface area (Å²) in [6.07, 6.45) is 2.02. The lowest BCUT2D eigenvalue weighted by atomic mass is 10.1. The summed E-state index contributed by atoms with van der Waals surface area (Å²) in [5.74, 6) is -0.342. The molecular weight excluding hydrogens is 335 g/mol. The Hall–Kier alpha value is -0.820. The molecule has 0 radical (unpaired) electrons. The van der Waals surface area contributed by atoms with Gasteiger partial charge < -0.3 is 10.6 Å². The maximum atomic E-state index is 12.3. The number of carbonyl (C=O) groups excluding carboxylic acids is 1. The van der Waals surface area contributed by atoms with Crippen molar-refractivity contribution in [2.24, 2.45) is 5.73 Å². The van der Waals surface area contributed by atoms with Crippen LogP contribution in [0.25, 0.3) is 0 Å². The number of nitrogens with two attached hydrogens (primary N) is 1. The average molecular weight is 353 g/mol. The van der Waals surface area contributed by atoms with Crippen LogP contribution in [0.15, 0.2) is 18.2 Å². The summed E-state index contributed by atoms with van der Waals surface area (Å²) in [6, 6.07) is 4.62. The number of nitrogens with zero attached hydrogens (tertiary/aromatic N) is 1. The molecule has 0 saturated heterocycles. The van der Waals surface area contributed by atoms with Crippen LogP contribution in [0.4, 0.5) is 5.69 Å². The molecule has 1 aliphatic rings. The van der Waals surface area contributed by atoms with E-state index in [0.717, 1.165) is 23.9 Å². The van der Waals surface area contributed by atoms with Crippen molar-refractivity contribution in [1.82, 2.24) is 0 Å². The molecule has 0 aliphatic carbocycles. The van der Waals surface area contributed by atoms with E-state index in [2.05, 4.69) is 0 Å². The number of halogens is 2. The molecule has 118 valence electrons. The summed E-state index contributed by atoms with van der Waals surface area (Å²) >= 11 is 5.95. The highest BCUT2D eigenvalue weighted by Crippen LogP contribution is 2.31. The summed E-state index contributed by atoms with van der Waals surface area (Å²) in [6.45, 7) is 0.557. The van der Waals surface area contributed by atoms with Gasteiger partial charge in [-0.25, -0.2) is 8.42 Å².